The fourth-order valence-electron chi connectivity index (χ4n) is 6.00. The zero-order valence-corrected chi connectivity index (χ0v) is 15.7. The lowest BCUT2D eigenvalue weighted by Crippen LogP contribution is -2.53. The van der Waals surface area contributed by atoms with Gasteiger partial charge in [-0.05, 0) is 68.8 Å². The molecule has 1 atom stereocenters. The van der Waals surface area contributed by atoms with E-state index in [1.165, 1.54) is 19.3 Å². The van der Waals surface area contributed by atoms with E-state index >= 15 is 0 Å². The van der Waals surface area contributed by atoms with Crippen LogP contribution >= 0.6 is 0 Å². The van der Waals surface area contributed by atoms with E-state index in [-0.39, 0.29) is 23.3 Å². The predicted octanol–water partition coefficient (Wildman–Crippen LogP) is 3.59. The minimum atomic E-state index is -0.122. The quantitative estimate of drug-likeness (QED) is 0.820. The summed E-state index contributed by atoms with van der Waals surface area (Å²) in [7, 11) is 0. The number of carbonyl (C=O) groups excluding carboxylic acids is 2. The molecule has 4 aliphatic carbocycles. The number of rotatable bonds is 6. The van der Waals surface area contributed by atoms with Gasteiger partial charge in [-0.25, -0.2) is 0 Å². The summed E-state index contributed by atoms with van der Waals surface area (Å²) in [6, 6.07) is 9.94. The molecular weight excluding hydrogens is 324 g/mol. The van der Waals surface area contributed by atoms with Crippen molar-refractivity contribution in [3.63, 3.8) is 0 Å². The van der Waals surface area contributed by atoms with Crippen LogP contribution in [0.4, 0.5) is 0 Å². The van der Waals surface area contributed by atoms with Crippen LogP contribution in [0.5, 0.6) is 0 Å². The standard InChI is InChI=1S/C22H30N2O2/c1-15(19-5-3-2-4-6-19)24-20(25)7-8-23-21(26)22-12-16-9-17(13-22)11-18(10-16)14-22/h2-6,15-18H,7-14H2,1H3,(H,23,26)(H,24,25)/t15-,16?,17?,18?,22?/m1/s1. The summed E-state index contributed by atoms with van der Waals surface area (Å²) in [4.78, 5) is 25.1. The minimum Gasteiger partial charge on any atom is -0.355 e. The average molecular weight is 354 g/mol. The first-order valence-electron chi connectivity index (χ1n) is 10.2. The lowest BCUT2D eigenvalue weighted by molar-refractivity contribution is -0.146. The number of amides is 2. The minimum absolute atomic E-state index is 0.00725. The van der Waals surface area contributed by atoms with Crippen molar-refractivity contribution in [3.05, 3.63) is 35.9 Å². The van der Waals surface area contributed by atoms with Gasteiger partial charge in [-0.3, -0.25) is 9.59 Å². The summed E-state index contributed by atoms with van der Waals surface area (Å²) >= 11 is 0. The summed E-state index contributed by atoms with van der Waals surface area (Å²) in [5, 5.41) is 6.10. The normalized spacial score (nSPS) is 32.9. The van der Waals surface area contributed by atoms with Crippen LogP contribution in [-0.2, 0) is 9.59 Å². The molecule has 2 amide bonds. The smallest absolute Gasteiger partial charge is 0.226 e. The second-order valence-corrected chi connectivity index (χ2v) is 8.90. The highest BCUT2D eigenvalue weighted by molar-refractivity contribution is 5.84. The van der Waals surface area contributed by atoms with Crippen LogP contribution in [0, 0.1) is 23.2 Å². The first-order chi connectivity index (χ1) is 12.5. The van der Waals surface area contributed by atoms with E-state index in [9.17, 15) is 9.59 Å². The van der Waals surface area contributed by atoms with Crippen LogP contribution in [0.1, 0.15) is 63.5 Å². The highest BCUT2D eigenvalue weighted by Crippen LogP contribution is 2.60. The summed E-state index contributed by atoms with van der Waals surface area (Å²) in [6.45, 7) is 2.43. The Hall–Kier alpha value is -1.84. The summed E-state index contributed by atoms with van der Waals surface area (Å²) < 4.78 is 0. The van der Waals surface area contributed by atoms with Gasteiger partial charge in [0.15, 0.2) is 0 Å². The summed E-state index contributed by atoms with van der Waals surface area (Å²) in [6.07, 6.45) is 7.58. The SMILES string of the molecule is C[C@@H](NC(=O)CCNC(=O)C12CC3CC(CC(C3)C1)C2)c1ccccc1. The van der Waals surface area contributed by atoms with Crippen molar-refractivity contribution >= 4 is 11.8 Å². The van der Waals surface area contributed by atoms with Gasteiger partial charge in [-0.15, -0.1) is 0 Å². The van der Waals surface area contributed by atoms with Gasteiger partial charge in [-0.2, -0.15) is 0 Å². The molecule has 0 heterocycles. The van der Waals surface area contributed by atoms with Crippen molar-refractivity contribution in [3.8, 4) is 0 Å². The Bertz CT molecular complexity index is 635. The Morgan fingerprint density at radius 2 is 1.62 bits per heavy atom. The van der Waals surface area contributed by atoms with Gasteiger partial charge in [0, 0.05) is 18.4 Å². The molecule has 140 valence electrons. The monoisotopic (exact) mass is 354 g/mol. The third-order valence-electron chi connectivity index (χ3n) is 6.83. The molecule has 0 radical (unpaired) electrons. The highest BCUT2D eigenvalue weighted by Gasteiger charge is 2.54. The number of hydrogen-bond acceptors (Lipinski definition) is 2. The van der Waals surface area contributed by atoms with Gasteiger partial charge in [0.1, 0.15) is 0 Å². The fourth-order valence-corrected chi connectivity index (χ4v) is 6.00. The number of nitrogens with one attached hydrogen (secondary N) is 2. The maximum atomic E-state index is 12.9. The van der Waals surface area contributed by atoms with E-state index in [2.05, 4.69) is 10.6 Å². The van der Waals surface area contributed by atoms with Crippen LogP contribution in [0.2, 0.25) is 0 Å². The molecule has 4 bridgehead atoms. The van der Waals surface area contributed by atoms with Gasteiger partial charge < -0.3 is 10.6 Å². The van der Waals surface area contributed by atoms with Gasteiger partial charge in [0.25, 0.3) is 0 Å². The molecule has 4 aliphatic rings. The van der Waals surface area contributed by atoms with Crippen molar-refractivity contribution in [2.24, 2.45) is 23.2 Å². The van der Waals surface area contributed by atoms with Crippen LogP contribution in [0.15, 0.2) is 30.3 Å². The summed E-state index contributed by atoms with van der Waals surface area (Å²) in [5.74, 6) is 2.50. The number of carbonyl (C=O) groups is 2. The molecule has 0 saturated heterocycles. The van der Waals surface area contributed by atoms with E-state index in [0.717, 1.165) is 42.6 Å². The van der Waals surface area contributed by atoms with Crippen LogP contribution in [-0.4, -0.2) is 18.4 Å². The Labute approximate surface area is 156 Å². The van der Waals surface area contributed by atoms with Crippen molar-refractivity contribution in [2.45, 2.75) is 57.9 Å². The molecule has 2 N–H and O–H groups in total. The van der Waals surface area contributed by atoms with Crippen molar-refractivity contribution in [1.82, 2.24) is 10.6 Å². The Balaban J connectivity index is 1.24. The Morgan fingerprint density at radius 1 is 1.04 bits per heavy atom. The van der Waals surface area contributed by atoms with Gasteiger partial charge in [-0.1, -0.05) is 30.3 Å². The zero-order valence-electron chi connectivity index (χ0n) is 15.7. The van der Waals surface area contributed by atoms with Crippen LogP contribution in [0.25, 0.3) is 0 Å². The van der Waals surface area contributed by atoms with E-state index in [4.69, 9.17) is 0 Å². The Morgan fingerprint density at radius 3 is 2.19 bits per heavy atom. The molecular formula is C22H30N2O2. The van der Waals surface area contributed by atoms with Crippen molar-refractivity contribution in [1.29, 1.82) is 0 Å². The van der Waals surface area contributed by atoms with Crippen molar-refractivity contribution < 1.29 is 9.59 Å². The molecule has 5 rings (SSSR count). The molecule has 0 aromatic heterocycles. The van der Waals surface area contributed by atoms with E-state index < -0.39 is 0 Å². The lowest BCUT2D eigenvalue weighted by Gasteiger charge is -2.55. The van der Waals surface area contributed by atoms with Crippen molar-refractivity contribution in [2.75, 3.05) is 6.54 Å². The Kier molecular flexibility index (Phi) is 4.76. The second-order valence-electron chi connectivity index (χ2n) is 8.90. The topological polar surface area (TPSA) is 58.2 Å². The molecule has 4 heteroatoms. The molecule has 4 saturated carbocycles. The molecule has 0 unspecified atom stereocenters. The molecule has 0 aliphatic heterocycles. The lowest BCUT2D eigenvalue weighted by atomic mass is 9.49. The van der Waals surface area contributed by atoms with E-state index in [1.54, 1.807) is 0 Å². The average Bonchev–Trinajstić information content (AvgIpc) is 2.61. The largest absolute Gasteiger partial charge is 0.355 e. The highest BCUT2D eigenvalue weighted by atomic mass is 16.2. The maximum Gasteiger partial charge on any atom is 0.226 e. The molecule has 4 fully saturated rings. The van der Waals surface area contributed by atoms with E-state index in [1.807, 2.05) is 37.3 Å². The van der Waals surface area contributed by atoms with Gasteiger partial charge in [0.2, 0.25) is 11.8 Å². The maximum absolute atomic E-state index is 12.9. The van der Waals surface area contributed by atoms with Crippen LogP contribution < -0.4 is 10.6 Å². The number of hydrogen-bond donors (Lipinski definition) is 2. The third-order valence-corrected chi connectivity index (χ3v) is 6.83. The molecule has 1 aromatic carbocycles. The number of benzene rings is 1. The fraction of sp³-hybridized carbons (Fsp3) is 0.636. The predicted molar refractivity (Wildman–Crippen MR) is 101 cm³/mol. The van der Waals surface area contributed by atoms with Gasteiger partial charge in [0.05, 0.1) is 6.04 Å². The zero-order chi connectivity index (χ0) is 18.1. The first kappa shape index (κ1) is 17.6. The van der Waals surface area contributed by atoms with E-state index in [0.29, 0.717) is 13.0 Å². The molecule has 26 heavy (non-hydrogen) atoms. The molecule has 0 spiro atoms. The van der Waals surface area contributed by atoms with Crippen LogP contribution in [0.3, 0.4) is 0 Å². The third kappa shape index (κ3) is 3.51. The second kappa shape index (κ2) is 7.05. The summed E-state index contributed by atoms with van der Waals surface area (Å²) in [5.41, 5.74) is 0.973. The van der Waals surface area contributed by atoms with Gasteiger partial charge >= 0.3 is 0 Å². The molecule has 4 nitrogen and oxygen atoms in total. The first-order valence-corrected chi connectivity index (χ1v) is 10.2. The molecule has 1 aromatic rings.